The summed E-state index contributed by atoms with van der Waals surface area (Å²) in [7, 11) is 0. The molecule has 0 saturated carbocycles. The molecule has 10 nitrogen and oxygen atoms in total. The molecule has 0 unspecified atom stereocenters. The van der Waals surface area contributed by atoms with Crippen LogP contribution in [0.3, 0.4) is 0 Å². The van der Waals surface area contributed by atoms with Gasteiger partial charge in [-0.1, -0.05) is 24.3 Å². The van der Waals surface area contributed by atoms with E-state index < -0.39 is 41.6 Å². The number of carboxylic acids is 2. The monoisotopic (exact) mass is 600 g/mol. The summed E-state index contributed by atoms with van der Waals surface area (Å²) in [5.74, 6) is -5.18. The van der Waals surface area contributed by atoms with Gasteiger partial charge in [-0.25, -0.2) is 18.7 Å². The molecule has 216 valence electrons. The number of halogens is 2. The van der Waals surface area contributed by atoms with Gasteiger partial charge in [0.15, 0.2) is 11.6 Å². The van der Waals surface area contributed by atoms with Gasteiger partial charge in [0.2, 0.25) is 0 Å². The first-order chi connectivity index (χ1) is 19.9. The number of pyridine rings is 2. The summed E-state index contributed by atoms with van der Waals surface area (Å²) in [5.41, 5.74) is 1.53. The summed E-state index contributed by atoms with van der Waals surface area (Å²) in [4.78, 5) is 51.8. The van der Waals surface area contributed by atoms with Gasteiger partial charge < -0.3 is 25.2 Å². The molecule has 0 atom stereocenters. The number of aromatic hydroxyl groups is 2. The van der Waals surface area contributed by atoms with Gasteiger partial charge >= 0.3 is 35.5 Å². The fourth-order valence-corrected chi connectivity index (χ4v) is 3.66. The smallest absolute Gasteiger partial charge is 0.550 e. The summed E-state index contributed by atoms with van der Waals surface area (Å²) >= 11 is 0. The van der Waals surface area contributed by atoms with E-state index >= 15 is 0 Å². The molecule has 4 rings (SSSR count). The fourth-order valence-electron chi connectivity index (χ4n) is 3.66. The van der Waals surface area contributed by atoms with Crippen molar-refractivity contribution in [2.24, 2.45) is 0 Å². The zero-order valence-corrected chi connectivity index (χ0v) is 24.8. The Hall–Kier alpha value is -4.52. The first-order valence-electron chi connectivity index (χ1n) is 12.3. The van der Waals surface area contributed by atoms with Gasteiger partial charge in [0, 0.05) is 42.3 Å². The SMILES string of the molecule is O=C(O)CCC(=O)c1ncc(-c2cccc(F)c2)cc1O.O=C([O-])CCC(=O)c1ncc(-c2cccc(F)c2)cc1O.[Na+]. The summed E-state index contributed by atoms with van der Waals surface area (Å²) in [5, 5.41) is 38.5. The molecule has 13 heteroatoms. The second kappa shape index (κ2) is 16.2. The van der Waals surface area contributed by atoms with Crippen molar-refractivity contribution >= 4 is 23.5 Å². The van der Waals surface area contributed by atoms with E-state index in [0.29, 0.717) is 22.3 Å². The van der Waals surface area contributed by atoms with Gasteiger partial charge in [-0.05, 0) is 53.9 Å². The number of rotatable bonds is 10. The average Bonchev–Trinajstić information content (AvgIpc) is 2.95. The summed E-state index contributed by atoms with van der Waals surface area (Å²) in [6.45, 7) is 0. The van der Waals surface area contributed by atoms with Crippen molar-refractivity contribution in [3.05, 3.63) is 96.1 Å². The van der Waals surface area contributed by atoms with Crippen molar-refractivity contribution in [2.75, 3.05) is 0 Å². The number of carboxylic acid groups (broad SMARTS) is 2. The van der Waals surface area contributed by atoms with E-state index in [0.717, 1.165) is 0 Å². The topological polar surface area (TPSA) is 178 Å². The number of hydrogen-bond acceptors (Lipinski definition) is 9. The maximum Gasteiger partial charge on any atom is 1.00 e. The first-order valence-corrected chi connectivity index (χ1v) is 12.3. The molecule has 0 fully saturated rings. The fraction of sp³-hybridized carbons (Fsp3) is 0.133. The minimum absolute atomic E-state index is 0. The Balaban J connectivity index is 0.000000293. The van der Waals surface area contributed by atoms with Gasteiger partial charge in [0.1, 0.15) is 34.5 Å². The van der Waals surface area contributed by atoms with Gasteiger partial charge in [-0.2, -0.15) is 0 Å². The Morgan fingerprint density at radius 2 is 1.07 bits per heavy atom. The van der Waals surface area contributed by atoms with Crippen molar-refractivity contribution in [3.8, 4) is 33.8 Å². The quantitative estimate of drug-likeness (QED) is 0.175. The molecule has 2 aromatic carbocycles. The van der Waals surface area contributed by atoms with Crippen LogP contribution in [0.25, 0.3) is 22.3 Å². The Kier molecular flexibility index (Phi) is 13.1. The van der Waals surface area contributed by atoms with E-state index in [4.69, 9.17) is 5.11 Å². The van der Waals surface area contributed by atoms with Crippen molar-refractivity contribution < 1.29 is 77.9 Å². The largest absolute Gasteiger partial charge is 1.00 e. The molecular formula is C30H23F2N2NaO8. The Labute approximate surface area is 266 Å². The number of ketones is 2. The van der Waals surface area contributed by atoms with E-state index in [1.54, 1.807) is 12.1 Å². The van der Waals surface area contributed by atoms with E-state index in [1.165, 1.54) is 60.9 Å². The van der Waals surface area contributed by atoms with Crippen LogP contribution in [0.4, 0.5) is 8.78 Å². The van der Waals surface area contributed by atoms with Crippen LogP contribution in [0.2, 0.25) is 0 Å². The van der Waals surface area contributed by atoms with Crippen LogP contribution in [0.1, 0.15) is 46.7 Å². The predicted molar refractivity (Wildman–Crippen MR) is 142 cm³/mol. The van der Waals surface area contributed by atoms with Crippen molar-refractivity contribution in [1.82, 2.24) is 9.97 Å². The van der Waals surface area contributed by atoms with E-state index in [2.05, 4.69) is 9.97 Å². The van der Waals surface area contributed by atoms with Gasteiger partial charge in [0.25, 0.3) is 0 Å². The molecule has 0 amide bonds. The molecule has 0 radical (unpaired) electrons. The minimum atomic E-state index is -1.35. The minimum Gasteiger partial charge on any atom is -0.550 e. The average molecular weight is 601 g/mol. The number of carbonyl (C=O) groups is 4. The molecule has 0 spiro atoms. The maximum absolute atomic E-state index is 13.1. The summed E-state index contributed by atoms with van der Waals surface area (Å²) in [6, 6.07) is 14.0. The number of carbonyl (C=O) groups excluding carboxylic acids is 3. The second-order valence-corrected chi connectivity index (χ2v) is 8.82. The normalized spacial score (nSPS) is 10.1. The number of hydrogen-bond donors (Lipinski definition) is 3. The third kappa shape index (κ3) is 10.4. The third-order valence-electron chi connectivity index (χ3n) is 5.70. The summed E-state index contributed by atoms with van der Waals surface area (Å²) < 4.78 is 26.3. The van der Waals surface area contributed by atoms with Gasteiger partial charge in [0.05, 0.1) is 6.42 Å². The van der Waals surface area contributed by atoms with Gasteiger partial charge in [-0.15, -0.1) is 0 Å². The van der Waals surface area contributed by atoms with Crippen LogP contribution in [-0.4, -0.2) is 48.8 Å². The molecule has 43 heavy (non-hydrogen) atoms. The molecule has 2 heterocycles. The van der Waals surface area contributed by atoms with Gasteiger partial charge in [-0.3, -0.25) is 14.4 Å². The van der Waals surface area contributed by atoms with Crippen molar-refractivity contribution in [2.45, 2.75) is 25.7 Å². The van der Waals surface area contributed by atoms with Crippen LogP contribution in [0.15, 0.2) is 73.1 Å². The molecular weight excluding hydrogens is 577 g/mol. The zero-order valence-electron chi connectivity index (χ0n) is 22.8. The second-order valence-electron chi connectivity index (χ2n) is 8.82. The number of Topliss-reactive ketones (excluding diaryl/α,β-unsaturated/α-hetero) is 2. The summed E-state index contributed by atoms with van der Waals surface area (Å²) in [6.07, 6.45) is 1.35. The Morgan fingerprint density at radius 1 is 0.651 bits per heavy atom. The molecule has 0 saturated heterocycles. The van der Waals surface area contributed by atoms with E-state index in [9.17, 15) is 43.3 Å². The van der Waals surface area contributed by atoms with Crippen LogP contribution in [-0.2, 0) is 9.59 Å². The van der Waals surface area contributed by atoms with Crippen molar-refractivity contribution in [3.63, 3.8) is 0 Å². The zero-order chi connectivity index (χ0) is 30.8. The molecule has 0 aliphatic carbocycles. The first kappa shape index (κ1) is 34.7. The number of aromatic nitrogens is 2. The predicted octanol–water partition coefficient (Wildman–Crippen LogP) is 0.951. The number of benzene rings is 2. The molecule has 2 aromatic heterocycles. The van der Waals surface area contributed by atoms with Crippen molar-refractivity contribution in [1.29, 1.82) is 0 Å². The third-order valence-corrected chi connectivity index (χ3v) is 5.70. The number of nitrogens with zero attached hydrogens (tertiary/aromatic N) is 2. The molecule has 4 aromatic rings. The molecule has 0 bridgehead atoms. The van der Waals surface area contributed by atoms with E-state index in [1.807, 2.05) is 0 Å². The van der Waals surface area contributed by atoms with Crippen LogP contribution in [0, 0.1) is 11.6 Å². The van der Waals surface area contributed by atoms with Crippen LogP contribution < -0.4 is 34.7 Å². The van der Waals surface area contributed by atoms with Crippen LogP contribution in [0.5, 0.6) is 11.5 Å². The Morgan fingerprint density at radius 3 is 1.42 bits per heavy atom. The maximum atomic E-state index is 13.1. The standard InChI is InChI=1S/2C15H12FNO4.Na/c2*16-11-3-1-2-9(6-11)10-7-13(19)15(17-8-10)12(18)4-5-14(20)21;/h2*1-3,6-8,19H,4-5H2,(H,20,21);/q;;+1/p-1. The molecule has 0 aliphatic heterocycles. The molecule has 0 aliphatic rings. The molecule has 3 N–H and O–H groups in total. The number of aliphatic carboxylic acids is 2. The Bertz CT molecular complexity index is 1530. The van der Waals surface area contributed by atoms with Crippen LogP contribution >= 0.6 is 0 Å². The van der Waals surface area contributed by atoms with E-state index in [-0.39, 0.29) is 71.7 Å².